The number of carbonyl (C=O) groups excluding carboxylic acids is 2. The summed E-state index contributed by atoms with van der Waals surface area (Å²) in [5.41, 5.74) is -0.384. The summed E-state index contributed by atoms with van der Waals surface area (Å²) in [4.78, 5) is 24.1. The minimum atomic E-state index is -1.18. The quantitative estimate of drug-likeness (QED) is 0.657. The Kier molecular flexibility index (Phi) is 8.91. The van der Waals surface area contributed by atoms with Crippen molar-refractivity contribution in [3.05, 3.63) is 35.9 Å². The van der Waals surface area contributed by atoms with E-state index in [0.29, 0.717) is 6.61 Å². The van der Waals surface area contributed by atoms with Gasteiger partial charge in [0.1, 0.15) is 11.2 Å². The smallest absolute Gasteiger partial charge is 0.408 e. The second-order valence-electron chi connectivity index (χ2n) is 8.61. The van der Waals surface area contributed by atoms with Crippen LogP contribution < -0.4 is 5.32 Å². The molecule has 2 atom stereocenters. The molecule has 0 unspecified atom stereocenters. The lowest BCUT2D eigenvalue weighted by atomic mass is 10.1. The summed E-state index contributed by atoms with van der Waals surface area (Å²) in [7, 11) is 0. The van der Waals surface area contributed by atoms with Crippen molar-refractivity contribution in [2.24, 2.45) is 0 Å². The highest BCUT2D eigenvalue weighted by atomic mass is 16.6. The summed E-state index contributed by atoms with van der Waals surface area (Å²) in [6.45, 7) is 10.8. The van der Waals surface area contributed by atoms with Crippen LogP contribution in [-0.4, -0.2) is 47.1 Å². The third-order valence-electron chi connectivity index (χ3n) is 3.37. The lowest BCUT2D eigenvalue weighted by molar-refractivity contribution is -0.157. The Morgan fingerprint density at radius 2 is 1.57 bits per heavy atom. The fraction of sp³-hybridized carbons (Fsp3) is 0.619. The van der Waals surface area contributed by atoms with Crippen LogP contribution in [0.25, 0.3) is 0 Å². The Labute approximate surface area is 167 Å². The maximum atomic E-state index is 12.1. The van der Waals surface area contributed by atoms with Crippen LogP contribution in [0.4, 0.5) is 4.79 Å². The topological polar surface area (TPSA) is 94.1 Å². The first-order chi connectivity index (χ1) is 12.9. The molecule has 0 fully saturated rings. The van der Waals surface area contributed by atoms with E-state index in [9.17, 15) is 14.7 Å². The molecule has 0 heterocycles. The van der Waals surface area contributed by atoms with Crippen LogP contribution in [0.2, 0.25) is 0 Å². The predicted molar refractivity (Wildman–Crippen MR) is 106 cm³/mol. The molecule has 1 aromatic carbocycles. The Balaban J connectivity index is 2.69. The molecule has 1 amide bonds. The second-order valence-corrected chi connectivity index (χ2v) is 8.61. The summed E-state index contributed by atoms with van der Waals surface area (Å²) in [6, 6.07) is 8.69. The average Bonchev–Trinajstić information content (AvgIpc) is 2.51. The van der Waals surface area contributed by atoms with Crippen molar-refractivity contribution >= 4 is 12.1 Å². The first-order valence-corrected chi connectivity index (χ1v) is 9.37. The highest BCUT2D eigenvalue weighted by Gasteiger charge is 2.28. The van der Waals surface area contributed by atoms with E-state index in [1.165, 1.54) is 0 Å². The van der Waals surface area contributed by atoms with Gasteiger partial charge in [-0.3, -0.25) is 4.79 Å². The molecule has 1 aromatic rings. The highest BCUT2D eigenvalue weighted by molar-refractivity contribution is 5.71. The van der Waals surface area contributed by atoms with Crippen LogP contribution in [0.15, 0.2) is 30.3 Å². The summed E-state index contributed by atoms with van der Waals surface area (Å²) in [6.07, 6.45) is -2.14. The number of alkyl carbamates (subject to hydrolysis) is 1. The van der Waals surface area contributed by atoms with Gasteiger partial charge in [0.05, 0.1) is 31.8 Å². The minimum absolute atomic E-state index is 0.0120. The van der Waals surface area contributed by atoms with Crippen molar-refractivity contribution in [1.82, 2.24) is 5.32 Å². The average molecular weight is 395 g/mol. The van der Waals surface area contributed by atoms with E-state index in [4.69, 9.17) is 14.2 Å². The van der Waals surface area contributed by atoms with Gasteiger partial charge >= 0.3 is 12.1 Å². The molecule has 28 heavy (non-hydrogen) atoms. The van der Waals surface area contributed by atoms with Gasteiger partial charge in [0.15, 0.2) is 0 Å². The number of aliphatic hydroxyl groups excluding tert-OH is 1. The van der Waals surface area contributed by atoms with Gasteiger partial charge in [0, 0.05) is 0 Å². The first-order valence-electron chi connectivity index (χ1n) is 9.37. The maximum absolute atomic E-state index is 12.1. The molecule has 2 N–H and O–H groups in total. The van der Waals surface area contributed by atoms with E-state index >= 15 is 0 Å². The van der Waals surface area contributed by atoms with Crippen molar-refractivity contribution in [3.8, 4) is 0 Å². The fourth-order valence-corrected chi connectivity index (χ4v) is 2.28. The van der Waals surface area contributed by atoms with E-state index in [0.717, 1.165) is 5.56 Å². The number of esters is 1. The predicted octanol–water partition coefficient (Wildman–Crippen LogP) is 3.19. The molecule has 0 aliphatic heterocycles. The standard InChI is InChI=1S/C21H33NO6/c1-20(2,3)27-18(24)12-17(23)16(22-19(25)28-21(4,5)6)14-26-13-15-10-8-7-9-11-15/h7-11,16-17,23H,12-14H2,1-6H3,(H,22,25)/t16-,17-/m0/s1. The molecule has 0 bridgehead atoms. The number of carbonyl (C=O) groups is 2. The lowest BCUT2D eigenvalue weighted by Gasteiger charge is -2.27. The molecule has 0 radical (unpaired) electrons. The number of amides is 1. The molecule has 0 aliphatic rings. The van der Waals surface area contributed by atoms with E-state index in [1.54, 1.807) is 41.5 Å². The van der Waals surface area contributed by atoms with E-state index < -0.39 is 35.4 Å². The molecule has 0 spiro atoms. The van der Waals surface area contributed by atoms with Crippen LogP contribution in [0, 0.1) is 0 Å². The van der Waals surface area contributed by atoms with Crippen molar-refractivity contribution in [1.29, 1.82) is 0 Å². The number of hydrogen-bond acceptors (Lipinski definition) is 6. The zero-order valence-electron chi connectivity index (χ0n) is 17.7. The largest absolute Gasteiger partial charge is 0.460 e. The summed E-state index contributed by atoms with van der Waals surface area (Å²) >= 11 is 0. The second kappa shape index (κ2) is 10.4. The molecule has 7 nitrogen and oxygen atoms in total. The lowest BCUT2D eigenvalue weighted by Crippen LogP contribution is -2.49. The van der Waals surface area contributed by atoms with Crippen molar-refractivity contribution in [2.75, 3.05) is 6.61 Å². The Hall–Kier alpha value is -2.12. The van der Waals surface area contributed by atoms with Gasteiger partial charge in [-0.05, 0) is 47.1 Å². The minimum Gasteiger partial charge on any atom is -0.460 e. The van der Waals surface area contributed by atoms with Crippen LogP contribution in [0.1, 0.15) is 53.5 Å². The monoisotopic (exact) mass is 395 g/mol. The fourth-order valence-electron chi connectivity index (χ4n) is 2.28. The molecule has 7 heteroatoms. The van der Waals surface area contributed by atoms with Gasteiger partial charge in [-0.15, -0.1) is 0 Å². The van der Waals surface area contributed by atoms with Gasteiger partial charge in [0.2, 0.25) is 0 Å². The number of ether oxygens (including phenoxy) is 3. The zero-order chi connectivity index (χ0) is 21.4. The van der Waals surface area contributed by atoms with Crippen LogP contribution >= 0.6 is 0 Å². The number of rotatable bonds is 8. The molecule has 0 aliphatic carbocycles. The zero-order valence-corrected chi connectivity index (χ0v) is 17.7. The van der Waals surface area contributed by atoms with Crippen LogP contribution in [0.5, 0.6) is 0 Å². The number of nitrogens with one attached hydrogen (secondary N) is 1. The van der Waals surface area contributed by atoms with E-state index in [-0.39, 0.29) is 13.0 Å². The third kappa shape index (κ3) is 10.9. The molecule has 0 saturated heterocycles. The Morgan fingerprint density at radius 3 is 2.11 bits per heavy atom. The van der Waals surface area contributed by atoms with E-state index in [1.807, 2.05) is 30.3 Å². The van der Waals surface area contributed by atoms with Crippen molar-refractivity contribution in [3.63, 3.8) is 0 Å². The summed E-state index contributed by atoms with van der Waals surface area (Å²) in [5, 5.41) is 13.1. The van der Waals surface area contributed by atoms with Crippen LogP contribution in [-0.2, 0) is 25.6 Å². The van der Waals surface area contributed by atoms with Crippen LogP contribution in [0.3, 0.4) is 0 Å². The highest BCUT2D eigenvalue weighted by Crippen LogP contribution is 2.12. The number of hydrogen-bond donors (Lipinski definition) is 2. The number of benzene rings is 1. The molecule has 1 rings (SSSR count). The van der Waals surface area contributed by atoms with Crippen molar-refractivity contribution < 1.29 is 28.9 Å². The SMILES string of the molecule is CC(C)(C)OC(=O)C[C@H](O)[C@H](COCc1ccccc1)NC(=O)OC(C)(C)C. The maximum Gasteiger partial charge on any atom is 0.408 e. The molecule has 158 valence electrons. The van der Waals surface area contributed by atoms with E-state index in [2.05, 4.69) is 5.32 Å². The Morgan fingerprint density at radius 1 is 1.00 bits per heavy atom. The molecular formula is C21H33NO6. The normalized spacial score (nSPS) is 14.1. The Bertz CT molecular complexity index is 618. The number of aliphatic hydroxyl groups is 1. The first kappa shape index (κ1) is 23.9. The molecular weight excluding hydrogens is 362 g/mol. The summed E-state index contributed by atoms with van der Waals surface area (Å²) in [5.74, 6) is -0.556. The van der Waals surface area contributed by atoms with Gasteiger partial charge in [0.25, 0.3) is 0 Å². The van der Waals surface area contributed by atoms with Gasteiger partial charge in [-0.2, -0.15) is 0 Å². The molecule has 0 saturated carbocycles. The molecule has 0 aromatic heterocycles. The van der Waals surface area contributed by atoms with Gasteiger partial charge in [-0.25, -0.2) is 4.79 Å². The summed E-state index contributed by atoms with van der Waals surface area (Å²) < 4.78 is 16.1. The van der Waals surface area contributed by atoms with Gasteiger partial charge < -0.3 is 24.6 Å². The van der Waals surface area contributed by atoms with Crippen molar-refractivity contribution in [2.45, 2.75) is 77.9 Å². The van der Waals surface area contributed by atoms with Gasteiger partial charge in [-0.1, -0.05) is 30.3 Å². The third-order valence-corrected chi connectivity index (χ3v) is 3.37.